The third-order valence-corrected chi connectivity index (χ3v) is 2.99. The molecule has 0 aliphatic rings. The van der Waals surface area contributed by atoms with E-state index in [2.05, 4.69) is 29.7 Å². The lowest BCUT2D eigenvalue weighted by Gasteiger charge is -2.15. The molecule has 4 nitrogen and oxygen atoms in total. The molecule has 1 aromatic rings. The number of unbranched alkanes of at least 4 members (excludes halogenated alkanes) is 1. The van der Waals surface area contributed by atoms with Crippen LogP contribution < -0.4 is 10.6 Å². The van der Waals surface area contributed by atoms with Crippen molar-refractivity contribution in [2.45, 2.75) is 32.7 Å². The van der Waals surface area contributed by atoms with E-state index in [9.17, 15) is 4.79 Å². The molecule has 4 heteroatoms. The number of benzene rings is 1. The first kappa shape index (κ1) is 15.5. The van der Waals surface area contributed by atoms with Crippen LogP contribution in [0.1, 0.15) is 36.9 Å². The summed E-state index contributed by atoms with van der Waals surface area (Å²) < 4.78 is 4.95. The summed E-state index contributed by atoms with van der Waals surface area (Å²) in [5, 5.41) is 5.77. The van der Waals surface area contributed by atoms with Crippen LogP contribution in [0, 0.1) is 6.92 Å². The second-order valence-electron chi connectivity index (χ2n) is 4.73. The van der Waals surface area contributed by atoms with Crippen LogP contribution in [-0.2, 0) is 4.74 Å². The average molecular weight is 264 g/mol. The highest BCUT2D eigenvalue weighted by Crippen LogP contribution is 2.12. The van der Waals surface area contributed by atoms with Crippen molar-refractivity contribution in [3.8, 4) is 0 Å². The number of hydrogen-bond donors (Lipinski definition) is 2. The molecule has 1 aromatic carbocycles. The molecule has 1 rings (SSSR count). The Morgan fingerprint density at radius 1 is 1.26 bits per heavy atom. The van der Waals surface area contributed by atoms with Crippen molar-refractivity contribution in [1.29, 1.82) is 0 Å². The molecule has 2 N–H and O–H groups in total. The van der Waals surface area contributed by atoms with Crippen molar-refractivity contribution in [3.63, 3.8) is 0 Å². The maximum Gasteiger partial charge on any atom is 0.315 e. The van der Waals surface area contributed by atoms with Crippen molar-refractivity contribution in [2.75, 3.05) is 20.3 Å². The maximum atomic E-state index is 11.7. The van der Waals surface area contributed by atoms with Gasteiger partial charge in [0.2, 0.25) is 0 Å². The molecule has 106 valence electrons. The lowest BCUT2D eigenvalue weighted by molar-refractivity contribution is 0.192. The van der Waals surface area contributed by atoms with E-state index in [-0.39, 0.29) is 12.1 Å². The number of carbonyl (C=O) groups is 1. The molecular weight excluding hydrogens is 240 g/mol. The van der Waals surface area contributed by atoms with Crippen LogP contribution in [0.15, 0.2) is 24.3 Å². The van der Waals surface area contributed by atoms with E-state index in [1.807, 2.05) is 19.1 Å². The molecule has 0 spiro atoms. The zero-order valence-electron chi connectivity index (χ0n) is 12.0. The summed E-state index contributed by atoms with van der Waals surface area (Å²) in [5.74, 6) is 0. The minimum Gasteiger partial charge on any atom is -0.385 e. The normalized spacial score (nSPS) is 11.9. The van der Waals surface area contributed by atoms with Gasteiger partial charge in [0, 0.05) is 20.3 Å². The van der Waals surface area contributed by atoms with Crippen LogP contribution in [0.5, 0.6) is 0 Å². The van der Waals surface area contributed by atoms with Gasteiger partial charge in [-0.25, -0.2) is 4.79 Å². The Bertz CT molecular complexity index is 376. The van der Waals surface area contributed by atoms with Gasteiger partial charge in [-0.05, 0) is 32.3 Å². The van der Waals surface area contributed by atoms with E-state index in [1.165, 1.54) is 5.56 Å². The van der Waals surface area contributed by atoms with E-state index in [0.29, 0.717) is 6.54 Å². The molecular formula is C15H24N2O2. The Hall–Kier alpha value is -1.55. The number of ether oxygens (including phenoxy) is 1. The molecule has 2 amide bonds. The van der Waals surface area contributed by atoms with E-state index < -0.39 is 0 Å². The Balaban J connectivity index is 2.26. The van der Waals surface area contributed by atoms with Crippen LogP contribution >= 0.6 is 0 Å². The Morgan fingerprint density at radius 2 is 1.95 bits per heavy atom. The molecule has 0 saturated heterocycles. The van der Waals surface area contributed by atoms with Gasteiger partial charge in [-0.3, -0.25) is 0 Å². The molecule has 1 atom stereocenters. The second-order valence-corrected chi connectivity index (χ2v) is 4.73. The zero-order chi connectivity index (χ0) is 14.1. The van der Waals surface area contributed by atoms with Gasteiger partial charge in [0.25, 0.3) is 0 Å². The summed E-state index contributed by atoms with van der Waals surface area (Å²) in [7, 11) is 1.68. The topological polar surface area (TPSA) is 50.4 Å². The third kappa shape index (κ3) is 6.25. The molecule has 0 aliphatic carbocycles. The van der Waals surface area contributed by atoms with E-state index in [0.717, 1.165) is 25.0 Å². The molecule has 0 fully saturated rings. The molecule has 0 aliphatic heterocycles. The Labute approximate surface area is 115 Å². The van der Waals surface area contributed by atoms with Crippen LogP contribution in [0.2, 0.25) is 0 Å². The number of aryl methyl sites for hydroxylation is 1. The molecule has 0 heterocycles. The van der Waals surface area contributed by atoms with Crippen molar-refractivity contribution >= 4 is 6.03 Å². The van der Waals surface area contributed by atoms with E-state index in [4.69, 9.17) is 4.74 Å². The average Bonchev–Trinajstić information content (AvgIpc) is 2.39. The van der Waals surface area contributed by atoms with Gasteiger partial charge in [-0.1, -0.05) is 29.8 Å². The predicted octanol–water partition coefficient (Wildman–Crippen LogP) is 2.78. The number of amides is 2. The highest BCUT2D eigenvalue weighted by molar-refractivity contribution is 5.74. The largest absolute Gasteiger partial charge is 0.385 e. The minimum absolute atomic E-state index is 0.0135. The smallest absolute Gasteiger partial charge is 0.315 e. The van der Waals surface area contributed by atoms with Crippen molar-refractivity contribution in [3.05, 3.63) is 35.4 Å². The molecule has 19 heavy (non-hydrogen) atoms. The van der Waals surface area contributed by atoms with Crippen molar-refractivity contribution < 1.29 is 9.53 Å². The number of methoxy groups -OCH3 is 1. The van der Waals surface area contributed by atoms with Crippen LogP contribution in [0.4, 0.5) is 4.79 Å². The summed E-state index contributed by atoms with van der Waals surface area (Å²) in [4.78, 5) is 11.7. The fraction of sp³-hybridized carbons (Fsp3) is 0.533. The number of urea groups is 1. The summed E-state index contributed by atoms with van der Waals surface area (Å²) in [6.07, 6.45) is 1.89. The summed E-state index contributed by atoms with van der Waals surface area (Å²) in [6.45, 7) is 5.45. The molecule has 1 unspecified atom stereocenters. The van der Waals surface area contributed by atoms with Gasteiger partial charge < -0.3 is 15.4 Å². The standard InChI is InChI=1S/C15H24N2O2/c1-12-6-8-14(9-7-12)13(2)17-15(18)16-10-4-5-11-19-3/h6-9,13H,4-5,10-11H2,1-3H3,(H2,16,17,18). The Kier molecular flexibility index (Phi) is 6.97. The van der Waals surface area contributed by atoms with Gasteiger partial charge in [-0.15, -0.1) is 0 Å². The van der Waals surface area contributed by atoms with E-state index in [1.54, 1.807) is 7.11 Å². The van der Waals surface area contributed by atoms with Gasteiger partial charge in [0.05, 0.1) is 6.04 Å². The predicted molar refractivity (Wildman–Crippen MR) is 77.2 cm³/mol. The van der Waals surface area contributed by atoms with Crippen LogP contribution in [0.25, 0.3) is 0 Å². The van der Waals surface area contributed by atoms with Crippen molar-refractivity contribution in [1.82, 2.24) is 10.6 Å². The van der Waals surface area contributed by atoms with Gasteiger partial charge in [-0.2, -0.15) is 0 Å². The van der Waals surface area contributed by atoms with Gasteiger partial charge >= 0.3 is 6.03 Å². The minimum atomic E-state index is -0.120. The summed E-state index contributed by atoms with van der Waals surface area (Å²) in [6, 6.07) is 8.08. The SMILES string of the molecule is COCCCCNC(=O)NC(C)c1ccc(C)cc1. The quantitative estimate of drug-likeness (QED) is 0.744. The second kappa shape index (κ2) is 8.53. The lowest BCUT2D eigenvalue weighted by Crippen LogP contribution is -2.37. The maximum absolute atomic E-state index is 11.7. The highest BCUT2D eigenvalue weighted by atomic mass is 16.5. The monoisotopic (exact) mass is 264 g/mol. The lowest BCUT2D eigenvalue weighted by atomic mass is 10.1. The zero-order valence-corrected chi connectivity index (χ0v) is 12.0. The third-order valence-electron chi connectivity index (χ3n) is 2.99. The number of nitrogens with one attached hydrogen (secondary N) is 2. The van der Waals surface area contributed by atoms with Crippen LogP contribution in [0.3, 0.4) is 0 Å². The Morgan fingerprint density at radius 3 is 2.58 bits per heavy atom. The first-order chi connectivity index (χ1) is 9.13. The number of rotatable bonds is 7. The highest BCUT2D eigenvalue weighted by Gasteiger charge is 2.08. The molecule has 0 bridgehead atoms. The van der Waals surface area contributed by atoms with Crippen LogP contribution in [-0.4, -0.2) is 26.3 Å². The first-order valence-corrected chi connectivity index (χ1v) is 6.73. The number of hydrogen-bond acceptors (Lipinski definition) is 2. The fourth-order valence-electron chi connectivity index (χ4n) is 1.76. The molecule has 0 saturated carbocycles. The van der Waals surface area contributed by atoms with Gasteiger partial charge in [0.1, 0.15) is 0 Å². The number of carbonyl (C=O) groups excluding carboxylic acids is 1. The van der Waals surface area contributed by atoms with E-state index >= 15 is 0 Å². The van der Waals surface area contributed by atoms with Gasteiger partial charge in [0.15, 0.2) is 0 Å². The molecule has 0 aromatic heterocycles. The fourth-order valence-corrected chi connectivity index (χ4v) is 1.76. The summed E-state index contributed by atoms with van der Waals surface area (Å²) in [5.41, 5.74) is 2.33. The molecule has 0 radical (unpaired) electrons. The van der Waals surface area contributed by atoms with Crippen molar-refractivity contribution in [2.24, 2.45) is 0 Å². The first-order valence-electron chi connectivity index (χ1n) is 6.73. The summed E-state index contributed by atoms with van der Waals surface area (Å²) >= 11 is 0.